The fraction of sp³-hybridized carbons (Fsp3) is 0.529. The van der Waals surface area contributed by atoms with E-state index in [0.717, 1.165) is 24.2 Å². The van der Waals surface area contributed by atoms with Crippen molar-refractivity contribution in [2.45, 2.75) is 31.1 Å². The Balaban J connectivity index is 2.06. The van der Waals surface area contributed by atoms with Gasteiger partial charge in [-0.25, -0.2) is 0 Å². The van der Waals surface area contributed by atoms with Crippen molar-refractivity contribution in [1.82, 2.24) is 5.32 Å². The topological polar surface area (TPSA) is 84.9 Å². The van der Waals surface area contributed by atoms with Crippen LogP contribution in [-0.2, 0) is 19.7 Å². The van der Waals surface area contributed by atoms with Gasteiger partial charge in [0.15, 0.2) is 0 Å². The maximum Gasteiger partial charge on any atom is 0.303 e. The summed E-state index contributed by atoms with van der Waals surface area (Å²) in [4.78, 5) is 22.4. The minimum Gasteiger partial charge on any atom is -0.497 e. The van der Waals surface area contributed by atoms with Crippen molar-refractivity contribution in [2.24, 2.45) is 0 Å². The molecule has 1 saturated heterocycles. The Bertz CT molecular complexity index is 534. The molecule has 0 bridgehead atoms. The molecule has 0 spiro atoms. The van der Waals surface area contributed by atoms with Gasteiger partial charge in [-0.2, -0.15) is 0 Å². The number of hydrogen-bond donors (Lipinski definition) is 2. The van der Waals surface area contributed by atoms with Gasteiger partial charge in [-0.1, -0.05) is 12.1 Å². The summed E-state index contributed by atoms with van der Waals surface area (Å²) in [7, 11) is 1.63. The predicted octanol–water partition coefficient (Wildman–Crippen LogP) is 1.72. The highest BCUT2D eigenvalue weighted by Gasteiger charge is 2.34. The monoisotopic (exact) mass is 321 g/mol. The third-order valence-electron chi connectivity index (χ3n) is 4.34. The van der Waals surface area contributed by atoms with E-state index < -0.39 is 5.97 Å². The van der Waals surface area contributed by atoms with Crippen molar-refractivity contribution in [3.8, 4) is 5.75 Å². The van der Waals surface area contributed by atoms with Gasteiger partial charge in [-0.05, 0) is 30.5 Å². The van der Waals surface area contributed by atoms with Gasteiger partial charge in [0, 0.05) is 31.6 Å². The van der Waals surface area contributed by atoms with Crippen molar-refractivity contribution in [2.75, 3.05) is 26.9 Å². The van der Waals surface area contributed by atoms with E-state index in [1.165, 1.54) is 0 Å². The Morgan fingerprint density at radius 1 is 1.22 bits per heavy atom. The quantitative estimate of drug-likeness (QED) is 0.799. The molecule has 1 aliphatic rings. The number of rotatable bonds is 7. The lowest BCUT2D eigenvalue weighted by Crippen LogP contribution is -2.44. The second-order valence-electron chi connectivity index (χ2n) is 5.79. The van der Waals surface area contributed by atoms with Crippen LogP contribution in [0.25, 0.3) is 0 Å². The first-order valence-corrected chi connectivity index (χ1v) is 7.76. The number of nitrogens with one attached hydrogen (secondary N) is 1. The summed E-state index contributed by atoms with van der Waals surface area (Å²) >= 11 is 0. The van der Waals surface area contributed by atoms with Crippen LogP contribution in [-0.4, -0.2) is 43.9 Å². The van der Waals surface area contributed by atoms with Gasteiger partial charge in [-0.15, -0.1) is 0 Å². The summed E-state index contributed by atoms with van der Waals surface area (Å²) in [5.41, 5.74) is 0.962. The van der Waals surface area contributed by atoms with Crippen molar-refractivity contribution in [1.29, 1.82) is 0 Å². The van der Waals surface area contributed by atoms with E-state index in [9.17, 15) is 9.59 Å². The SMILES string of the molecule is COc1ccc(C2(CNC(=O)CCC(=O)O)CCOCC2)cc1. The molecular weight excluding hydrogens is 298 g/mol. The first-order valence-electron chi connectivity index (χ1n) is 7.76. The molecule has 2 rings (SSSR count). The fourth-order valence-electron chi connectivity index (χ4n) is 2.85. The maximum absolute atomic E-state index is 11.8. The average Bonchev–Trinajstić information content (AvgIpc) is 2.59. The largest absolute Gasteiger partial charge is 0.497 e. The third kappa shape index (κ3) is 4.69. The van der Waals surface area contributed by atoms with Gasteiger partial charge in [-0.3, -0.25) is 9.59 Å². The number of methoxy groups -OCH3 is 1. The van der Waals surface area contributed by atoms with Crippen LogP contribution in [0.2, 0.25) is 0 Å². The molecule has 1 fully saturated rings. The lowest BCUT2D eigenvalue weighted by Gasteiger charge is -2.38. The Hall–Kier alpha value is -2.08. The Kier molecular flexibility index (Phi) is 5.98. The van der Waals surface area contributed by atoms with Gasteiger partial charge in [0.05, 0.1) is 13.5 Å². The normalized spacial score (nSPS) is 16.6. The lowest BCUT2D eigenvalue weighted by atomic mass is 9.74. The van der Waals surface area contributed by atoms with E-state index in [4.69, 9.17) is 14.6 Å². The fourth-order valence-corrected chi connectivity index (χ4v) is 2.85. The van der Waals surface area contributed by atoms with Gasteiger partial charge < -0.3 is 19.9 Å². The summed E-state index contributed by atoms with van der Waals surface area (Å²) in [6.45, 7) is 1.79. The number of ether oxygens (including phenoxy) is 2. The van der Waals surface area contributed by atoms with E-state index in [1.54, 1.807) is 7.11 Å². The molecule has 2 N–H and O–H groups in total. The smallest absolute Gasteiger partial charge is 0.303 e. The van der Waals surface area contributed by atoms with Gasteiger partial charge >= 0.3 is 5.97 Å². The van der Waals surface area contributed by atoms with Gasteiger partial charge in [0.25, 0.3) is 0 Å². The lowest BCUT2D eigenvalue weighted by molar-refractivity contribution is -0.138. The van der Waals surface area contributed by atoms with Crippen LogP contribution in [0, 0.1) is 0 Å². The van der Waals surface area contributed by atoms with E-state index in [-0.39, 0.29) is 24.2 Å². The molecule has 6 nitrogen and oxygen atoms in total. The molecule has 0 saturated carbocycles. The molecule has 0 radical (unpaired) electrons. The zero-order valence-corrected chi connectivity index (χ0v) is 13.3. The summed E-state index contributed by atoms with van der Waals surface area (Å²) in [6.07, 6.45) is 1.49. The molecule has 126 valence electrons. The van der Waals surface area contributed by atoms with Crippen LogP contribution in [0.3, 0.4) is 0 Å². The standard InChI is InChI=1S/C17H23NO5/c1-22-14-4-2-13(3-5-14)17(8-10-23-11-9-17)12-18-15(19)6-7-16(20)21/h2-5H,6-12H2,1H3,(H,18,19)(H,20,21). The van der Waals surface area contributed by atoms with E-state index in [1.807, 2.05) is 24.3 Å². The van der Waals surface area contributed by atoms with Gasteiger partial charge in [0.1, 0.15) is 5.75 Å². The number of benzene rings is 1. The zero-order chi connectivity index (χ0) is 16.7. The highest BCUT2D eigenvalue weighted by molar-refractivity contribution is 5.80. The molecule has 0 atom stereocenters. The minimum atomic E-state index is -0.962. The van der Waals surface area contributed by atoms with Crippen LogP contribution in [0.4, 0.5) is 0 Å². The number of carbonyl (C=O) groups is 2. The molecular formula is C17H23NO5. The molecule has 0 unspecified atom stereocenters. The number of amides is 1. The van der Waals surface area contributed by atoms with Crippen molar-refractivity contribution < 1.29 is 24.2 Å². The number of carboxylic acids is 1. The molecule has 0 aliphatic carbocycles. The molecule has 1 aromatic rings. The number of hydrogen-bond acceptors (Lipinski definition) is 4. The molecule has 6 heteroatoms. The van der Waals surface area contributed by atoms with Crippen LogP contribution in [0.5, 0.6) is 5.75 Å². The van der Waals surface area contributed by atoms with Crippen LogP contribution < -0.4 is 10.1 Å². The van der Waals surface area contributed by atoms with Crippen LogP contribution in [0.15, 0.2) is 24.3 Å². The molecule has 1 aliphatic heterocycles. The third-order valence-corrected chi connectivity index (χ3v) is 4.34. The highest BCUT2D eigenvalue weighted by atomic mass is 16.5. The number of carboxylic acid groups (broad SMARTS) is 1. The predicted molar refractivity (Wildman–Crippen MR) is 84.6 cm³/mol. The van der Waals surface area contributed by atoms with E-state index >= 15 is 0 Å². The summed E-state index contributed by atoms with van der Waals surface area (Å²) < 4.78 is 10.7. The summed E-state index contributed by atoms with van der Waals surface area (Å²) in [6, 6.07) is 7.87. The van der Waals surface area contributed by atoms with Crippen molar-refractivity contribution in [3.05, 3.63) is 29.8 Å². The van der Waals surface area contributed by atoms with E-state index in [0.29, 0.717) is 19.8 Å². The average molecular weight is 321 g/mol. The van der Waals surface area contributed by atoms with E-state index in [2.05, 4.69) is 5.32 Å². The molecule has 1 amide bonds. The van der Waals surface area contributed by atoms with Crippen LogP contribution in [0.1, 0.15) is 31.2 Å². The minimum absolute atomic E-state index is 0.00449. The summed E-state index contributed by atoms with van der Waals surface area (Å²) in [5.74, 6) is -0.399. The van der Waals surface area contributed by atoms with Crippen molar-refractivity contribution >= 4 is 11.9 Å². The first kappa shape index (κ1) is 17.3. The Morgan fingerprint density at radius 2 is 1.87 bits per heavy atom. The Labute approximate surface area is 135 Å². The molecule has 23 heavy (non-hydrogen) atoms. The molecule has 0 aromatic heterocycles. The first-order chi connectivity index (χ1) is 11.1. The molecule has 1 heterocycles. The summed E-state index contributed by atoms with van der Waals surface area (Å²) in [5, 5.41) is 11.5. The zero-order valence-electron chi connectivity index (χ0n) is 13.3. The number of aliphatic carboxylic acids is 1. The van der Waals surface area contributed by atoms with Gasteiger partial charge in [0.2, 0.25) is 5.91 Å². The second-order valence-corrected chi connectivity index (χ2v) is 5.79. The maximum atomic E-state index is 11.8. The Morgan fingerprint density at radius 3 is 2.43 bits per heavy atom. The van der Waals surface area contributed by atoms with Crippen LogP contribution >= 0.6 is 0 Å². The number of carbonyl (C=O) groups excluding carboxylic acids is 1. The van der Waals surface area contributed by atoms with Crippen molar-refractivity contribution in [3.63, 3.8) is 0 Å². The highest BCUT2D eigenvalue weighted by Crippen LogP contribution is 2.35. The molecule has 1 aromatic carbocycles. The second kappa shape index (κ2) is 7.97.